The molecule has 1 unspecified atom stereocenters. The van der Waals surface area contributed by atoms with E-state index in [0.717, 1.165) is 44.8 Å². The fourth-order valence-corrected chi connectivity index (χ4v) is 5.67. The van der Waals surface area contributed by atoms with Crippen LogP contribution >= 0.6 is 46.4 Å². The number of hydrogen-bond acceptors (Lipinski definition) is 4. The Balaban J connectivity index is 1.54. The number of hydrogen-bond donors (Lipinski definition) is 2. The summed E-state index contributed by atoms with van der Waals surface area (Å²) < 4.78 is 2.14. The number of primary amides is 1. The maximum Gasteiger partial charge on any atom is 0.219 e. The molecular weight excluding hydrogens is 636 g/mol. The molecule has 10 heteroatoms. The summed E-state index contributed by atoms with van der Waals surface area (Å²) >= 11 is 24.8. The van der Waals surface area contributed by atoms with E-state index in [1.54, 1.807) is 31.3 Å². The highest BCUT2D eigenvalue weighted by molar-refractivity contribution is 6.42. The van der Waals surface area contributed by atoms with E-state index >= 15 is 0 Å². The van der Waals surface area contributed by atoms with Crippen LogP contribution in [0.25, 0.3) is 22.4 Å². The van der Waals surface area contributed by atoms with Gasteiger partial charge in [-0.1, -0.05) is 64.6 Å². The highest BCUT2D eigenvalue weighted by Gasteiger charge is 2.19. The molecule has 44 heavy (non-hydrogen) atoms. The Morgan fingerprint density at radius 3 is 2.11 bits per heavy atom. The third kappa shape index (κ3) is 7.33. The van der Waals surface area contributed by atoms with Gasteiger partial charge in [-0.05, 0) is 91.2 Å². The van der Waals surface area contributed by atoms with Crippen molar-refractivity contribution in [1.82, 2.24) is 14.9 Å². The number of nitrogens with two attached hydrogens (primary N) is 1. The molecule has 0 saturated carbocycles. The van der Waals surface area contributed by atoms with E-state index in [0.29, 0.717) is 33.2 Å². The van der Waals surface area contributed by atoms with Gasteiger partial charge in [-0.2, -0.15) is 0 Å². The SMILES string of the molecule is [CH2][CH]N([CH][CH2])c1ccc(-c2nc3cc(C(CC(N)=O)NCc4ccc(Cl)c(Cl)c4)ccc3n2Cc2ccc(Cl)c(Cl)c2)cc1. The number of imidazole rings is 1. The Bertz CT molecular complexity index is 1780. The first-order chi connectivity index (χ1) is 21.2. The van der Waals surface area contributed by atoms with Gasteiger partial charge in [0.1, 0.15) is 5.82 Å². The third-order valence-corrected chi connectivity index (χ3v) is 8.74. The third-order valence-electron chi connectivity index (χ3n) is 7.26. The van der Waals surface area contributed by atoms with Crippen molar-refractivity contribution in [1.29, 1.82) is 0 Å². The summed E-state index contributed by atoms with van der Waals surface area (Å²) in [7, 11) is 0. The summed E-state index contributed by atoms with van der Waals surface area (Å²) in [5, 5.41) is 5.37. The fourth-order valence-electron chi connectivity index (χ4n) is 5.03. The van der Waals surface area contributed by atoms with E-state index in [-0.39, 0.29) is 12.5 Å². The number of aromatic nitrogens is 2. The van der Waals surface area contributed by atoms with E-state index in [1.165, 1.54) is 0 Å². The number of carbonyl (C=O) groups excluding carboxylic acids is 1. The van der Waals surface area contributed by atoms with E-state index in [9.17, 15) is 4.79 Å². The molecule has 0 saturated heterocycles. The number of halogens is 4. The van der Waals surface area contributed by atoms with Gasteiger partial charge in [-0.15, -0.1) is 0 Å². The normalized spacial score (nSPS) is 12.0. The molecule has 0 aliphatic heterocycles. The Labute approximate surface area is 277 Å². The molecule has 4 aromatic carbocycles. The van der Waals surface area contributed by atoms with Crippen LogP contribution in [-0.4, -0.2) is 15.5 Å². The summed E-state index contributed by atoms with van der Waals surface area (Å²) in [5.41, 5.74) is 12.0. The average Bonchev–Trinajstić information content (AvgIpc) is 3.37. The van der Waals surface area contributed by atoms with Gasteiger partial charge < -0.3 is 20.5 Å². The quantitative estimate of drug-likeness (QED) is 0.140. The number of anilines is 1. The molecular formula is C34H29Cl4N5O. The second-order valence-corrected chi connectivity index (χ2v) is 11.8. The summed E-state index contributed by atoms with van der Waals surface area (Å²) in [6.07, 6.45) is 0.105. The molecule has 5 rings (SSSR count). The van der Waals surface area contributed by atoms with Crippen molar-refractivity contribution >= 4 is 69.0 Å². The van der Waals surface area contributed by atoms with Gasteiger partial charge in [0.25, 0.3) is 0 Å². The van der Waals surface area contributed by atoms with Crippen molar-refractivity contribution < 1.29 is 4.79 Å². The molecule has 0 fully saturated rings. The number of nitrogens with one attached hydrogen (secondary N) is 1. The highest BCUT2D eigenvalue weighted by Crippen LogP contribution is 2.32. The molecule has 6 nitrogen and oxygen atoms in total. The summed E-state index contributed by atoms with van der Waals surface area (Å²) in [5.74, 6) is 0.351. The zero-order valence-electron chi connectivity index (χ0n) is 23.6. The van der Waals surface area contributed by atoms with Gasteiger partial charge in [0.05, 0.1) is 31.1 Å². The topological polar surface area (TPSA) is 76.2 Å². The van der Waals surface area contributed by atoms with E-state index in [4.69, 9.17) is 57.1 Å². The van der Waals surface area contributed by atoms with Crippen LogP contribution in [0.3, 0.4) is 0 Å². The van der Waals surface area contributed by atoms with E-state index in [2.05, 4.69) is 23.7 Å². The molecule has 0 aliphatic rings. The van der Waals surface area contributed by atoms with Crippen LogP contribution in [0, 0.1) is 26.9 Å². The first-order valence-electron chi connectivity index (χ1n) is 13.7. The van der Waals surface area contributed by atoms with Crippen LogP contribution in [0.15, 0.2) is 78.9 Å². The highest BCUT2D eigenvalue weighted by atomic mass is 35.5. The molecule has 224 valence electrons. The van der Waals surface area contributed by atoms with E-state index < -0.39 is 5.91 Å². The Morgan fingerprint density at radius 2 is 1.50 bits per heavy atom. The van der Waals surface area contributed by atoms with Crippen molar-refractivity contribution in [2.24, 2.45) is 5.73 Å². The second kappa shape index (κ2) is 14.2. The predicted molar refractivity (Wildman–Crippen MR) is 182 cm³/mol. The molecule has 1 atom stereocenters. The van der Waals surface area contributed by atoms with Gasteiger partial charge >= 0.3 is 0 Å². The first-order valence-corrected chi connectivity index (χ1v) is 15.2. The smallest absolute Gasteiger partial charge is 0.219 e. The molecule has 0 spiro atoms. The maximum atomic E-state index is 12.1. The summed E-state index contributed by atoms with van der Waals surface area (Å²) in [6, 6.07) is 24.7. The zero-order valence-corrected chi connectivity index (χ0v) is 26.6. The second-order valence-electron chi connectivity index (χ2n) is 10.2. The minimum Gasteiger partial charge on any atom is -0.370 e. The van der Waals surface area contributed by atoms with Crippen LogP contribution in [-0.2, 0) is 17.9 Å². The lowest BCUT2D eigenvalue weighted by molar-refractivity contribution is -0.118. The number of fused-ring (bicyclic) bond motifs is 1. The molecule has 1 amide bonds. The molecule has 5 aromatic rings. The summed E-state index contributed by atoms with van der Waals surface area (Å²) in [6.45, 7) is 12.0. The lowest BCUT2D eigenvalue weighted by Gasteiger charge is -2.20. The average molecular weight is 665 g/mol. The molecule has 3 N–H and O–H groups in total. The molecule has 4 radical (unpaired) electrons. The number of benzene rings is 4. The minimum absolute atomic E-state index is 0.105. The molecule has 1 aromatic heterocycles. The zero-order chi connectivity index (χ0) is 31.4. The number of carbonyl (C=O) groups is 1. The van der Waals surface area contributed by atoms with Crippen LogP contribution in [0.5, 0.6) is 0 Å². The molecule has 0 bridgehead atoms. The summed E-state index contributed by atoms with van der Waals surface area (Å²) in [4.78, 5) is 19.0. The van der Waals surface area contributed by atoms with Crippen LogP contribution < -0.4 is 16.0 Å². The minimum atomic E-state index is -0.421. The number of amides is 1. The molecule has 1 heterocycles. The number of rotatable bonds is 12. The van der Waals surface area contributed by atoms with Gasteiger partial charge in [0, 0.05) is 49.9 Å². The van der Waals surface area contributed by atoms with Gasteiger partial charge in [0.2, 0.25) is 5.91 Å². The largest absolute Gasteiger partial charge is 0.370 e. The van der Waals surface area contributed by atoms with Crippen molar-refractivity contribution in [3.05, 3.63) is 143 Å². The van der Waals surface area contributed by atoms with Crippen LogP contribution in [0.4, 0.5) is 5.69 Å². The Morgan fingerprint density at radius 1 is 0.864 bits per heavy atom. The van der Waals surface area contributed by atoms with Crippen molar-refractivity contribution in [3.63, 3.8) is 0 Å². The van der Waals surface area contributed by atoms with Gasteiger partial charge in [0.15, 0.2) is 0 Å². The molecule has 0 aliphatic carbocycles. The lowest BCUT2D eigenvalue weighted by Crippen LogP contribution is -2.26. The van der Waals surface area contributed by atoms with Crippen molar-refractivity contribution in [2.45, 2.75) is 25.6 Å². The maximum absolute atomic E-state index is 12.1. The van der Waals surface area contributed by atoms with Crippen LogP contribution in [0.2, 0.25) is 20.1 Å². The fraction of sp³-hybridized carbons (Fsp3) is 0.118. The Kier molecular flexibility index (Phi) is 10.4. The Hall–Kier alpha value is -3.26. The standard InChI is InChI=1S/C34H29Cl4N5O/c1-3-42(4-2)25-10-7-23(8-11-25)34-41-31-17-24(9-14-32(31)43(34)20-22-6-13-27(36)29(38)16-22)30(18-33(39)44)40-19-21-5-12-26(35)28(37)15-21/h3-17,30,40H,1-2,18-20H2,(H2,39,44). The van der Waals surface area contributed by atoms with Gasteiger partial charge in [-0.25, -0.2) is 4.98 Å². The van der Waals surface area contributed by atoms with Crippen molar-refractivity contribution in [2.75, 3.05) is 4.90 Å². The lowest BCUT2D eigenvalue weighted by atomic mass is 10.0. The number of nitrogens with zero attached hydrogens (tertiary/aromatic N) is 3. The van der Waals surface area contributed by atoms with Crippen molar-refractivity contribution in [3.8, 4) is 11.4 Å². The van der Waals surface area contributed by atoms with E-state index in [1.807, 2.05) is 65.6 Å². The first kappa shape index (κ1) is 32.1. The predicted octanol–water partition coefficient (Wildman–Crippen LogP) is 8.87. The van der Waals surface area contributed by atoms with Gasteiger partial charge in [-0.3, -0.25) is 4.79 Å². The monoisotopic (exact) mass is 663 g/mol. The van der Waals surface area contributed by atoms with Crippen LogP contribution in [0.1, 0.15) is 29.2 Å².